The van der Waals surface area contributed by atoms with Crippen molar-refractivity contribution in [3.63, 3.8) is 0 Å². The van der Waals surface area contributed by atoms with Crippen LogP contribution in [0.5, 0.6) is 5.75 Å². The van der Waals surface area contributed by atoms with Crippen molar-refractivity contribution >= 4 is 39.5 Å². The maximum atomic E-state index is 15.5. The fourth-order valence-electron chi connectivity index (χ4n) is 5.23. The van der Waals surface area contributed by atoms with Gasteiger partial charge >= 0.3 is 5.97 Å². The summed E-state index contributed by atoms with van der Waals surface area (Å²) < 4.78 is 42.5. The Kier molecular flexibility index (Phi) is 8.24. The van der Waals surface area contributed by atoms with Gasteiger partial charge in [-0.1, -0.05) is 6.58 Å². The number of esters is 1. The van der Waals surface area contributed by atoms with E-state index in [1.165, 1.54) is 18.5 Å². The van der Waals surface area contributed by atoms with E-state index in [-0.39, 0.29) is 39.9 Å². The van der Waals surface area contributed by atoms with Gasteiger partial charge in [-0.15, -0.1) is 0 Å². The second kappa shape index (κ2) is 11.7. The second-order valence-corrected chi connectivity index (χ2v) is 12.0. The fraction of sp³-hybridized carbons (Fsp3) is 0.312. The molecule has 3 heterocycles. The van der Waals surface area contributed by atoms with E-state index in [2.05, 4.69) is 16.6 Å². The highest BCUT2D eigenvalue weighted by molar-refractivity contribution is 6.42. The number of nitrogen functional groups attached to an aromatic ring is 1. The van der Waals surface area contributed by atoms with Crippen molar-refractivity contribution in [2.24, 2.45) is 4.99 Å². The fourth-order valence-corrected chi connectivity index (χ4v) is 5.23. The molecule has 2 N–H and O–H groups in total. The third-order valence-corrected chi connectivity index (χ3v) is 7.54. The number of rotatable bonds is 8. The highest BCUT2D eigenvalue weighted by Gasteiger charge is 2.43. The predicted octanol–water partition coefficient (Wildman–Crippen LogP) is 3.68. The lowest BCUT2D eigenvalue weighted by Gasteiger charge is -2.41. The zero-order valence-electron chi connectivity index (χ0n) is 25.4. The topological polar surface area (TPSA) is 110 Å². The van der Waals surface area contributed by atoms with Gasteiger partial charge in [-0.2, -0.15) is 0 Å². The predicted molar refractivity (Wildman–Crippen MR) is 168 cm³/mol. The summed E-state index contributed by atoms with van der Waals surface area (Å²) in [6.07, 6.45) is 2.62. The van der Waals surface area contributed by atoms with Gasteiger partial charge in [0, 0.05) is 35.9 Å². The van der Waals surface area contributed by atoms with Gasteiger partial charge < -0.3 is 25.0 Å². The number of aliphatic imine (C=N–C) groups is 1. The lowest BCUT2D eigenvalue weighted by molar-refractivity contribution is -0.153. The van der Waals surface area contributed by atoms with Crippen LogP contribution in [-0.4, -0.2) is 80.4 Å². The monoisotopic (exact) mass is 609 g/mol. The van der Waals surface area contributed by atoms with Gasteiger partial charge in [0.1, 0.15) is 34.8 Å². The third kappa shape index (κ3) is 6.03. The van der Waals surface area contributed by atoms with Crippen molar-refractivity contribution in [2.75, 3.05) is 25.9 Å². The Morgan fingerprint density at radius 3 is 2.47 bits per heavy atom. The molecular formula is C32H31B2F2N5O4. The summed E-state index contributed by atoms with van der Waals surface area (Å²) in [6.45, 7) is 9.43. The van der Waals surface area contributed by atoms with Gasteiger partial charge in [-0.3, -0.25) is 14.8 Å². The maximum Gasteiger partial charge on any atom is 0.354 e. The molecule has 5 rings (SSSR count). The number of amides is 1. The normalized spacial score (nSPS) is 16.1. The van der Waals surface area contributed by atoms with Crippen LogP contribution in [0.15, 0.2) is 59.9 Å². The highest BCUT2D eigenvalue weighted by atomic mass is 19.1. The van der Waals surface area contributed by atoms with Crippen LogP contribution in [0.2, 0.25) is 0 Å². The first-order valence-corrected chi connectivity index (χ1v) is 14.1. The highest BCUT2D eigenvalue weighted by Crippen LogP contribution is 2.38. The summed E-state index contributed by atoms with van der Waals surface area (Å²) in [5.41, 5.74) is 7.17. The maximum absolute atomic E-state index is 15.5. The van der Waals surface area contributed by atoms with Crippen molar-refractivity contribution < 1.29 is 27.8 Å². The molecule has 4 radical (unpaired) electrons. The number of pyridine rings is 1. The number of nitrogens with zero attached hydrogens (tertiary/aromatic N) is 4. The molecule has 1 amide bonds. The van der Waals surface area contributed by atoms with Crippen molar-refractivity contribution in [1.82, 2.24) is 14.8 Å². The molecule has 1 fully saturated rings. The molecule has 0 atom stereocenters. The number of ether oxygens (including phenoxy) is 2. The SMILES string of the molecule is [B]C1([B])c2ncccc2C(=O)N1Cc1c(F)cc(-c2ccc(OC3CN(C(=C)C(=O)OC(C)(C)C)C3)c(N)c2C=NC)cc1F. The molecule has 0 bridgehead atoms. The number of aromatic nitrogens is 1. The summed E-state index contributed by atoms with van der Waals surface area (Å²) >= 11 is 0. The van der Waals surface area contributed by atoms with Crippen LogP contribution in [0.3, 0.4) is 0 Å². The number of fused-ring (bicyclic) bond motifs is 1. The zero-order valence-corrected chi connectivity index (χ0v) is 25.4. The van der Waals surface area contributed by atoms with Crippen LogP contribution >= 0.6 is 0 Å². The number of hydrogen-bond donors (Lipinski definition) is 1. The van der Waals surface area contributed by atoms with Crippen molar-refractivity contribution in [3.05, 3.63) is 88.9 Å². The number of anilines is 1. The van der Waals surface area contributed by atoms with E-state index in [9.17, 15) is 9.59 Å². The van der Waals surface area contributed by atoms with Crippen molar-refractivity contribution in [2.45, 2.75) is 44.4 Å². The smallest absolute Gasteiger partial charge is 0.354 e. The number of halogens is 2. The van der Waals surface area contributed by atoms with Gasteiger partial charge in [0.25, 0.3) is 5.91 Å². The van der Waals surface area contributed by atoms with Crippen molar-refractivity contribution in [1.29, 1.82) is 0 Å². The molecule has 0 unspecified atom stereocenters. The van der Waals surface area contributed by atoms with Crippen LogP contribution in [0.4, 0.5) is 14.5 Å². The molecule has 2 aliphatic heterocycles. The minimum Gasteiger partial charge on any atom is -0.485 e. The molecular weight excluding hydrogens is 578 g/mol. The quantitative estimate of drug-likeness (QED) is 0.137. The Morgan fingerprint density at radius 1 is 1.20 bits per heavy atom. The van der Waals surface area contributed by atoms with Crippen LogP contribution in [0, 0.1) is 11.6 Å². The minimum absolute atomic E-state index is 0.122. The zero-order chi connectivity index (χ0) is 32.8. The Labute approximate surface area is 262 Å². The molecule has 1 aromatic heterocycles. The molecule has 0 saturated carbocycles. The van der Waals surface area contributed by atoms with Crippen LogP contribution in [0.25, 0.3) is 11.1 Å². The first kappa shape index (κ1) is 31.7. The summed E-state index contributed by atoms with van der Waals surface area (Å²) in [4.78, 5) is 36.2. The molecule has 1 saturated heterocycles. The Hall–Kier alpha value is -4.67. The van der Waals surface area contributed by atoms with Gasteiger partial charge in [-0.25, -0.2) is 13.6 Å². The molecule has 9 nitrogen and oxygen atoms in total. The summed E-state index contributed by atoms with van der Waals surface area (Å²) in [5.74, 6) is -2.55. The molecule has 13 heteroatoms. The molecule has 228 valence electrons. The molecule has 3 aromatic rings. The van der Waals surface area contributed by atoms with Crippen LogP contribution in [-0.2, 0) is 21.4 Å². The second-order valence-electron chi connectivity index (χ2n) is 12.0. The molecule has 0 aliphatic carbocycles. The first-order chi connectivity index (χ1) is 21.1. The van der Waals surface area contributed by atoms with Gasteiger partial charge in [0.2, 0.25) is 0 Å². The third-order valence-electron chi connectivity index (χ3n) is 7.54. The molecule has 2 aromatic carbocycles. The van der Waals surface area contributed by atoms with E-state index in [4.69, 9.17) is 30.9 Å². The van der Waals surface area contributed by atoms with E-state index in [1.807, 2.05) is 0 Å². The van der Waals surface area contributed by atoms with Crippen LogP contribution < -0.4 is 10.5 Å². The van der Waals surface area contributed by atoms with E-state index in [0.717, 1.165) is 17.0 Å². The number of nitrogens with two attached hydrogens (primary N) is 1. The summed E-state index contributed by atoms with van der Waals surface area (Å²) in [6, 6.07) is 8.59. The lowest BCUT2D eigenvalue weighted by atomic mass is 9.59. The minimum atomic E-state index is -1.85. The summed E-state index contributed by atoms with van der Waals surface area (Å²) in [5, 5.41) is -1.85. The molecule has 0 spiro atoms. The van der Waals surface area contributed by atoms with E-state index in [1.54, 1.807) is 50.9 Å². The molecule has 45 heavy (non-hydrogen) atoms. The lowest BCUT2D eigenvalue weighted by Crippen LogP contribution is -2.54. The van der Waals surface area contributed by atoms with Crippen LogP contribution in [0.1, 0.15) is 48.0 Å². The average Bonchev–Trinajstić information content (AvgIpc) is 3.13. The average molecular weight is 609 g/mol. The Morgan fingerprint density at radius 2 is 1.87 bits per heavy atom. The number of carbonyl (C=O) groups is 2. The van der Waals surface area contributed by atoms with Gasteiger partial charge in [-0.05, 0) is 68.3 Å². The van der Waals surface area contributed by atoms with E-state index < -0.39 is 41.0 Å². The van der Waals surface area contributed by atoms with Crippen molar-refractivity contribution in [3.8, 4) is 16.9 Å². The number of benzene rings is 2. The Bertz CT molecular complexity index is 1710. The number of likely N-dealkylation sites (tertiary alicyclic amines) is 1. The standard InChI is InChI=1S/C32H31B2F2N5O4/c1-17(30(43)45-31(2,3)4)40-14-19(15-40)44-26-9-8-20(22(13-38-5)27(26)37)18-11-24(35)23(25(36)12-18)16-41-29(42)21-7-6-10-39-28(21)32(41,33)34/h6-13,19H,1,14-16,37H2,2-5H3. The molecule has 2 aliphatic rings. The first-order valence-electron chi connectivity index (χ1n) is 14.1. The summed E-state index contributed by atoms with van der Waals surface area (Å²) in [7, 11) is 13.9. The number of hydrogen-bond acceptors (Lipinski definition) is 8. The number of carbonyl (C=O) groups excluding carboxylic acids is 2. The largest absolute Gasteiger partial charge is 0.485 e. The Balaban J connectivity index is 1.35. The van der Waals surface area contributed by atoms with E-state index >= 15 is 8.78 Å². The van der Waals surface area contributed by atoms with E-state index in [0.29, 0.717) is 30.0 Å². The van der Waals surface area contributed by atoms with Gasteiger partial charge in [0.15, 0.2) is 0 Å². The van der Waals surface area contributed by atoms with Gasteiger partial charge in [0.05, 0.1) is 52.3 Å².